The molecular formula is C59H58GeIrN4O-2. The zero-order valence-electron chi connectivity index (χ0n) is 39.7. The molecule has 66 heavy (non-hydrogen) atoms. The van der Waals surface area contributed by atoms with Gasteiger partial charge in [0.25, 0.3) is 0 Å². The van der Waals surface area contributed by atoms with Crippen molar-refractivity contribution in [1.29, 1.82) is 0 Å². The molecule has 5 nitrogen and oxygen atoms in total. The molecule has 0 amide bonds. The normalized spacial score (nSPS) is 11.8. The number of furan rings is 1. The molecule has 0 saturated heterocycles. The molecule has 4 aromatic heterocycles. The van der Waals surface area contributed by atoms with Gasteiger partial charge in [0.2, 0.25) is 5.71 Å². The van der Waals surface area contributed by atoms with E-state index in [-0.39, 0.29) is 26.0 Å². The molecule has 7 heteroatoms. The number of imidazole rings is 1. The van der Waals surface area contributed by atoms with Gasteiger partial charge in [-0.3, -0.25) is 4.98 Å². The Morgan fingerprint density at radius 3 is 2.15 bits per heavy atom. The average molecular weight is 1100 g/mol. The number of benzene rings is 6. The summed E-state index contributed by atoms with van der Waals surface area (Å²) in [5.74, 6) is 9.40. The number of aromatic nitrogens is 4. The summed E-state index contributed by atoms with van der Waals surface area (Å²) in [7, 11) is 0. The van der Waals surface area contributed by atoms with Gasteiger partial charge in [0, 0.05) is 36.7 Å². The van der Waals surface area contributed by atoms with Crippen molar-refractivity contribution in [1.82, 2.24) is 19.5 Å². The van der Waals surface area contributed by atoms with Crippen molar-refractivity contribution in [3.05, 3.63) is 174 Å². The Labute approximate surface area is 406 Å². The minimum absolute atomic E-state index is 0. The Bertz CT molecular complexity index is 3330. The predicted octanol–water partition coefficient (Wildman–Crippen LogP) is 15.5. The van der Waals surface area contributed by atoms with Gasteiger partial charge in [-0.2, -0.15) is 0 Å². The number of hydrogen-bond donors (Lipinski definition) is 0. The summed E-state index contributed by atoms with van der Waals surface area (Å²) in [5, 5.41) is 4.59. The van der Waals surface area contributed by atoms with Crippen LogP contribution in [0.3, 0.4) is 0 Å². The first-order valence-corrected chi connectivity index (χ1v) is 30.4. The van der Waals surface area contributed by atoms with Crippen LogP contribution in [0.15, 0.2) is 144 Å². The molecule has 335 valence electrons. The minimum Gasteiger partial charge on any atom is -0.486 e. The second kappa shape index (κ2) is 19.3. The third kappa shape index (κ3) is 9.08. The molecule has 0 aliphatic rings. The summed E-state index contributed by atoms with van der Waals surface area (Å²) in [4.78, 5) is 15.0. The fourth-order valence-corrected chi connectivity index (χ4v) is 12.7. The maximum Gasteiger partial charge on any atom is 0.216 e. The van der Waals surface area contributed by atoms with E-state index >= 15 is 0 Å². The van der Waals surface area contributed by atoms with Crippen LogP contribution in [0.2, 0.25) is 17.3 Å². The summed E-state index contributed by atoms with van der Waals surface area (Å²) in [5.41, 5.74) is 14.7. The number of nitrogens with zero attached hydrogens (tertiary/aromatic N) is 4. The first kappa shape index (κ1) is 46.9. The van der Waals surface area contributed by atoms with E-state index in [1.807, 2.05) is 36.4 Å². The van der Waals surface area contributed by atoms with E-state index in [2.05, 4.69) is 186 Å². The Kier molecular flexibility index (Phi) is 13.7. The number of para-hydroxylation sites is 2. The molecule has 1 radical (unpaired) electrons. The Morgan fingerprint density at radius 2 is 1.44 bits per heavy atom. The van der Waals surface area contributed by atoms with Crippen molar-refractivity contribution >= 4 is 61.5 Å². The molecule has 0 spiro atoms. The summed E-state index contributed by atoms with van der Waals surface area (Å²) in [6, 6.07) is 53.3. The van der Waals surface area contributed by atoms with Crippen molar-refractivity contribution in [2.24, 2.45) is 5.92 Å². The molecule has 0 atom stereocenters. The quantitative estimate of drug-likeness (QED) is 0.107. The van der Waals surface area contributed by atoms with Crippen LogP contribution >= 0.6 is 0 Å². The van der Waals surface area contributed by atoms with Crippen LogP contribution in [-0.4, -0.2) is 32.8 Å². The van der Waals surface area contributed by atoms with Gasteiger partial charge in [0.15, 0.2) is 0 Å². The molecule has 0 unspecified atom stereocenters. The van der Waals surface area contributed by atoms with Gasteiger partial charge in [-0.25, -0.2) is 4.98 Å². The Hall–Kier alpha value is -5.66. The third-order valence-corrected chi connectivity index (χ3v) is 16.7. The number of rotatable bonds is 9. The van der Waals surface area contributed by atoms with Crippen molar-refractivity contribution in [3.8, 4) is 39.6 Å². The molecular weight excluding hydrogens is 1050 g/mol. The SMILES string of the molecule is CC(C)Cc1cc(-c2[c-]cccc2)nc[c]1[Ge]([CH3])([CH3])[CH3].Cc1c[c-]c(-c2nc3ccccc3n2-c2c(C(C)C)cc3ccccc3c2C(C)C)c2oc3nc(-c4ccccc4)ccc3c12.[Ir]. The molecule has 0 N–H and O–H groups in total. The van der Waals surface area contributed by atoms with Crippen molar-refractivity contribution in [3.63, 3.8) is 0 Å². The summed E-state index contributed by atoms with van der Waals surface area (Å²) in [6.07, 6.45) is 3.27. The molecule has 10 rings (SSSR count). The van der Waals surface area contributed by atoms with E-state index in [9.17, 15) is 0 Å². The molecule has 0 fully saturated rings. The molecule has 0 saturated carbocycles. The molecule has 0 aliphatic carbocycles. The minimum atomic E-state index is -1.86. The number of pyridine rings is 2. The maximum absolute atomic E-state index is 6.70. The third-order valence-electron chi connectivity index (χ3n) is 12.4. The largest absolute Gasteiger partial charge is 0.486 e. The number of hydrogen-bond acceptors (Lipinski definition) is 4. The zero-order chi connectivity index (χ0) is 45.6. The van der Waals surface area contributed by atoms with E-state index in [1.54, 1.807) is 4.40 Å². The van der Waals surface area contributed by atoms with Crippen LogP contribution in [0.5, 0.6) is 0 Å². The Morgan fingerprint density at radius 1 is 0.712 bits per heavy atom. The van der Waals surface area contributed by atoms with Gasteiger partial charge in [0.1, 0.15) is 0 Å². The van der Waals surface area contributed by atoms with E-state index in [1.165, 1.54) is 33.2 Å². The van der Waals surface area contributed by atoms with Crippen LogP contribution in [0.1, 0.15) is 75.6 Å². The van der Waals surface area contributed by atoms with Crippen LogP contribution in [0.25, 0.3) is 83.5 Å². The Balaban J connectivity index is 0.000000238. The van der Waals surface area contributed by atoms with Crippen LogP contribution in [0.4, 0.5) is 0 Å². The van der Waals surface area contributed by atoms with Gasteiger partial charge in [-0.05, 0) is 64.1 Å². The van der Waals surface area contributed by atoms with Gasteiger partial charge < -0.3 is 8.98 Å². The van der Waals surface area contributed by atoms with Crippen molar-refractivity contribution in [2.45, 2.75) is 84.0 Å². The molecule has 4 heterocycles. The molecule has 10 aromatic rings. The smallest absolute Gasteiger partial charge is 0.216 e. The first-order valence-electron chi connectivity index (χ1n) is 23.1. The predicted molar refractivity (Wildman–Crippen MR) is 276 cm³/mol. The van der Waals surface area contributed by atoms with Crippen LogP contribution in [0, 0.1) is 25.0 Å². The average Bonchev–Trinajstić information content (AvgIpc) is 3.88. The van der Waals surface area contributed by atoms with Gasteiger partial charge in [-0.15, -0.1) is 17.7 Å². The fourth-order valence-electron chi connectivity index (χ4n) is 9.36. The fraction of sp³-hybridized carbons (Fsp3) is 0.237. The maximum atomic E-state index is 6.70. The van der Waals surface area contributed by atoms with E-state index < -0.39 is 13.3 Å². The summed E-state index contributed by atoms with van der Waals surface area (Å²) >= 11 is -1.86. The topological polar surface area (TPSA) is 56.7 Å². The molecule has 0 bridgehead atoms. The molecule has 6 aromatic carbocycles. The number of fused-ring (bicyclic) bond motifs is 5. The van der Waals surface area contributed by atoms with Gasteiger partial charge in [-0.1, -0.05) is 112 Å². The standard InChI is InChI=1S/C41H34N3O.C18H24GeN.Ir/c1-24(2)32-23-28-15-9-10-16-29(28)36(25(3)4)38(32)44-35-18-12-11-17-34(35)42-40(44)31-20-19-26(5)37-30-21-22-33(27-13-7-6-8-14-27)43-41(30)45-39(31)37;1-14(2)11-16-12-18(15-9-7-6-8-10-15)20-13-17(16)19(3,4)5;/h6-19,21-25H,1-5H3;6-9,12-14H,11H2,1-5H3;/q2*-1;. The first-order chi connectivity index (χ1) is 31.3. The summed E-state index contributed by atoms with van der Waals surface area (Å²) < 4.78 is 10.6. The monoisotopic (exact) mass is 1110 g/mol. The van der Waals surface area contributed by atoms with Gasteiger partial charge in [0.05, 0.1) is 28.1 Å². The number of aryl methyl sites for hydroxylation is 1. The van der Waals surface area contributed by atoms with E-state index in [0.717, 1.165) is 73.3 Å². The van der Waals surface area contributed by atoms with Crippen molar-refractivity contribution in [2.75, 3.05) is 0 Å². The van der Waals surface area contributed by atoms with Crippen LogP contribution in [-0.2, 0) is 26.5 Å². The van der Waals surface area contributed by atoms with E-state index in [0.29, 0.717) is 17.5 Å². The second-order valence-corrected chi connectivity index (χ2v) is 30.0. The zero-order valence-corrected chi connectivity index (χ0v) is 44.2. The van der Waals surface area contributed by atoms with Gasteiger partial charge >= 0.3 is 126 Å². The van der Waals surface area contributed by atoms with E-state index in [4.69, 9.17) is 19.4 Å². The summed E-state index contributed by atoms with van der Waals surface area (Å²) in [6.45, 7) is 15.8. The van der Waals surface area contributed by atoms with Crippen molar-refractivity contribution < 1.29 is 24.5 Å². The van der Waals surface area contributed by atoms with Crippen LogP contribution < -0.4 is 4.40 Å². The molecule has 0 aliphatic heterocycles. The second-order valence-electron chi connectivity index (χ2n) is 19.4.